The number of morpholine rings is 1. The second-order valence-corrected chi connectivity index (χ2v) is 9.18. The molecule has 2 aliphatic rings. The van der Waals surface area contributed by atoms with Gasteiger partial charge in [-0.05, 0) is 30.7 Å². The molecule has 5 rings (SSSR count). The third kappa shape index (κ3) is 5.83. The lowest BCUT2D eigenvalue weighted by atomic mass is 10.0. The summed E-state index contributed by atoms with van der Waals surface area (Å²) in [5, 5.41) is 6.65. The van der Waals surface area contributed by atoms with Crippen molar-refractivity contribution in [3.8, 4) is 5.75 Å². The highest BCUT2D eigenvalue weighted by Gasteiger charge is 2.34. The maximum atomic E-state index is 13.6. The first-order valence-electron chi connectivity index (χ1n) is 12.0. The number of nitrogens with one attached hydrogen (secondary N) is 2. The number of hydrogen-bond acceptors (Lipinski definition) is 8. The fourth-order valence-electron chi connectivity index (χ4n) is 4.62. The maximum absolute atomic E-state index is 13.6. The van der Waals surface area contributed by atoms with Gasteiger partial charge in [-0.1, -0.05) is 17.7 Å². The molecule has 3 heterocycles. The summed E-state index contributed by atoms with van der Waals surface area (Å²) in [5.41, 5.74) is 1.63. The normalized spacial score (nSPS) is 20.1. The Hall–Kier alpha value is -3.31. The fourth-order valence-corrected chi connectivity index (χ4v) is 4.80. The lowest BCUT2D eigenvalue weighted by Crippen LogP contribution is -2.55. The number of fused-ring (bicyclic) bond motifs is 2. The fraction of sp³-hybridized carbons (Fsp3) is 0.346. The van der Waals surface area contributed by atoms with Crippen LogP contribution in [0.4, 0.5) is 21.6 Å². The van der Waals surface area contributed by atoms with E-state index in [1.54, 1.807) is 18.2 Å². The number of anilines is 3. The molecule has 194 valence electrons. The van der Waals surface area contributed by atoms with Gasteiger partial charge >= 0.3 is 0 Å². The van der Waals surface area contributed by atoms with Crippen LogP contribution in [-0.4, -0.2) is 72.9 Å². The molecule has 2 fully saturated rings. The molecule has 0 saturated carbocycles. The second kappa shape index (κ2) is 11.4. The van der Waals surface area contributed by atoms with E-state index in [0.29, 0.717) is 59.6 Å². The first-order chi connectivity index (χ1) is 18.0. The van der Waals surface area contributed by atoms with Gasteiger partial charge < -0.3 is 24.8 Å². The van der Waals surface area contributed by atoms with E-state index in [4.69, 9.17) is 25.8 Å². The zero-order valence-electron chi connectivity index (χ0n) is 20.2. The standard InChI is InChI=1S/C26H27ClFN5O4/c1-35-23-13-20-17(26(30-15-29-20)31-16-4-5-19(28)18(27)11-16)12-21(23)32-25(34)3-2-7-33-8-10-37-24-14-36-9-6-22(24)33/h2-5,11-13,15,22,24H,6-10,14H2,1H3,(H,32,34)(H,29,30,31)/b3-2+. The Kier molecular flexibility index (Phi) is 7.80. The summed E-state index contributed by atoms with van der Waals surface area (Å²) >= 11 is 5.91. The Morgan fingerprint density at radius 2 is 2.19 bits per heavy atom. The number of nitrogens with zero attached hydrogens (tertiary/aromatic N) is 3. The average molecular weight is 528 g/mol. The minimum Gasteiger partial charge on any atom is -0.494 e. The van der Waals surface area contributed by atoms with E-state index in [1.165, 1.54) is 31.6 Å². The number of rotatable bonds is 7. The maximum Gasteiger partial charge on any atom is 0.248 e. The Labute approximate surface area is 218 Å². The molecule has 2 aromatic carbocycles. The van der Waals surface area contributed by atoms with Crippen molar-refractivity contribution in [1.29, 1.82) is 0 Å². The molecule has 1 amide bonds. The highest BCUT2D eigenvalue weighted by molar-refractivity contribution is 6.31. The topological polar surface area (TPSA) is 97.8 Å². The SMILES string of the molecule is COc1cc2ncnc(Nc3ccc(F)c(Cl)c3)c2cc1NC(=O)/C=C/CN1CCOC2COCCC21. The summed E-state index contributed by atoms with van der Waals surface area (Å²) < 4.78 is 30.4. The number of halogens is 2. The number of carbonyl (C=O) groups excluding carboxylic acids is 1. The first kappa shape index (κ1) is 25.3. The van der Waals surface area contributed by atoms with Crippen molar-refractivity contribution in [2.24, 2.45) is 0 Å². The lowest BCUT2D eigenvalue weighted by Gasteiger charge is -2.43. The third-order valence-corrected chi connectivity index (χ3v) is 6.74. The van der Waals surface area contributed by atoms with Crippen LogP contribution in [0.15, 0.2) is 48.8 Å². The van der Waals surface area contributed by atoms with Crippen LogP contribution in [0.25, 0.3) is 10.9 Å². The van der Waals surface area contributed by atoms with Crippen molar-refractivity contribution in [2.75, 3.05) is 50.7 Å². The number of benzene rings is 2. The van der Waals surface area contributed by atoms with Crippen molar-refractivity contribution in [1.82, 2.24) is 14.9 Å². The molecule has 2 atom stereocenters. The number of aromatic nitrogens is 2. The molecule has 3 aromatic rings. The van der Waals surface area contributed by atoms with Crippen molar-refractivity contribution >= 4 is 45.6 Å². The summed E-state index contributed by atoms with van der Waals surface area (Å²) in [6.07, 6.45) is 5.79. The largest absolute Gasteiger partial charge is 0.494 e. The van der Waals surface area contributed by atoms with Gasteiger partial charge in [-0.3, -0.25) is 9.69 Å². The van der Waals surface area contributed by atoms with Crippen LogP contribution in [-0.2, 0) is 14.3 Å². The summed E-state index contributed by atoms with van der Waals surface area (Å²) in [5.74, 6) is 0.136. The van der Waals surface area contributed by atoms with E-state index in [9.17, 15) is 9.18 Å². The molecule has 37 heavy (non-hydrogen) atoms. The summed E-state index contributed by atoms with van der Waals surface area (Å²) in [6, 6.07) is 8.06. The van der Waals surface area contributed by atoms with E-state index in [0.717, 1.165) is 19.6 Å². The Morgan fingerprint density at radius 1 is 1.30 bits per heavy atom. The van der Waals surface area contributed by atoms with Gasteiger partial charge in [-0.25, -0.2) is 14.4 Å². The molecule has 0 radical (unpaired) electrons. The molecule has 11 heteroatoms. The van der Waals surface area contributed by atoms with Crippen molar-refractivity contribution in [2.45, 2.75) is 18.6 Å². The Bertz CT molecular complexity index is 1320. The first-order valence-corrected chi connectivity index (χ1v) is 12.4. The molecule has 0 spiro atoms. The van der Waals surface area contributed by atoms with Gasteiger partial charge in [0.25, 0.3) is 0 Å². The number of methoxy groups -OCH3 is 1. The third-order valence-electron chi connectivity index (χ3n) is 6.45. The van der Waals surface area contributed by atoms with Gasteiger partial charge in [0, 0.05) is 49.0 Å². The van der Waals surface area contributed by atoms with Gasteiger partial charge in [-0.2, -0.15) is 0 Å². The van der Waals surface area contributed by atoms with Crippen molar-refractivity contribution in [3.63, 3.8) is 0 Å². The van der Waals surface area contributed by atoms with Crippen LogP contribution < -0.4 is 15.4 Å². The average Bonchev–Trinajstić information content (AvgIpc) is 2.91. The second-order valence-electron chi connectivity index (χ2n) is 8.77. The minimum atomic E-state index is -0.510. The number of ether oxygens (including phenoxy) is 3. The number of carbonyl (C=O) groups is 1. The van der Waals surface area contributed by atoms with Crippen molar-refractivity contribution in [3.05, 3.63) is 59.7 Å². The number of hydrogen-bond donors (Lipinski definition) is 2. The molecule has 9 nitrogen and oxygen atoms in total. The smallest absolute Gasteiger partial charge is 0.248 e. The van der Waals surface area contributed by atoms with Crippen LogP contribution >= 0.6 is 11.6 Å². The quantitative estimate of drug-likeness (QED) is 0.442. The molecule has 0 aliphatic carbocycles. The van der Waals surface area contributed by atoms with E-state index in [2.05, 4.69) is 25.5 Å². The van der Waals surface area contributed by atoms with Crippen LogP contribution in [0.1, 0.15) is 6.42 Å². The van der Waals surface area contributed by atoms with Crippen molar-refractivity contribution < 1.29 is 23.4 Å². The van der Waals surface area contributed by atoms with Gasteiger partial charge in [-0.15, -0.1) is 0 Å². The van der Waals surface area contributed by atoms with E-state index in [-0.39, 0.29) is 17.0 Å². The monoisotopic (exact) mass is 527 g/mol. The molecular weight excluding hydrogens is 501 g/mol. The molecule has 2 saturated heterocycles. The molecule has 2 N–H and O–H groups in total. The molecule has 1 aromatic heterocycles. The molecule has 2 aliphatic heterocycles. The highest BCUT2D eigenvalue weighted by Crippen LogP contribution is 2.33. The molecular formula is C26H27ClFN5O4. The summed E-state index contributed by atoms with van der Waals surface area (Å²) in [4.78, 5) is 23.7. The van der Waals surface area contributed by atoms with Gasteiger partial charge in [0.05, 0.1) is 42.7 Å². The number of amides is 1. The summed E-state index contributed by atoms with van der Waals surface area (Å²) in [6.45, 7) is 3.46. The Balaban J connectivity index is 1.31. The predicted octanol–water partition coefficient (Wildman–Crippen LogP) is 4.16. The lowest BCUT2D eigenvalue weighted by molar-refractivity contribution is -0.132. The van der Waals surface area contributed by atoms with Crippen LogP contribution in [0, 0.1) is 5.82 Å². The van der Waals surface area contributed by atoms with Crippen LogP contribution in [0.2, 0.25) is 5.02 Å². The van der Waals surface area contributed by atoms with Crippen LogP contribution in [0.5, 0.6) is 5.75 Å². The zero-order valence-corrected chi connectivity index (χ0v) is 21.0. The van der Waals surface area contributed by atoms with Crippen LogP contribution in [0.3, 0.4) is 0 Å². The predicted molar refractivity (Wildman–Crippen MR) is 139 cm³/mol. The Morgan fingerprint density at radius 3 is 3.03 bits per heavy atom. The molecule has 0 bridgehead atoms. The van der Waals surface area contributed by atoms with Gasteiger partial charge in [0.15, 0.2) is 0 Å². The minimum absolute atomic E-state index is 0.00538. The van der Waals surface area contributed by atoms with E-state index in [1.807, 2.05) is 6.08 Å². The van der Waals surface area contributed by atoms with Gasteiger partial charge in [0.2, 0.25) is 5.91 Å². The zero-order chi connectivity index (χ0) is 25.8. The molecule has 2 unspecified atom stereocenters. The van der Waals surface area contributed by atoms with E-state index >= 15 is 0 Å². The highest BCUT2D eigenvalue weighted by atomic mass is 35.5. The summed E-state index contributed by atoms with van der Waals surface area (Å²) in [7, 11) is 1.52. The van der Waals surface area contributed by atoms with Gasteiger partial charge in [0.1, 0.15) is 23.7 Å². The van der Waals surface area contributed by atoms with E-state index < -0.39 is 5.82 Å².